The van der Waals surface area contributed by atoms with Gasteiger partial charge in [0.05, 0.1) is 17.0 Å². The van der Waals surface area contributed by atoms with Gasteiger partial charge in [0.2, 0.25) is 0 Å². The zero-order valence-electron chi connectivity index (χ0n) is 5.98. The lowest BCUT2D eigenvalue weighted by atomic mass is 10.1. The molecular formula is C6H9NO2S2. The van der Waals surface area contributed by atoms with Gasteiger partial charge in [0.15, 0.2) is 0 Å². The maximum atomic E-state index is 9.47. The van der Waals surface area contributed by atoms with Crippen LogP contribution in [0.5, 0.6) is 0 Å². The Bertz CT molecular complexity index is 246. The standard InChI is InChI=1S/C6H9NO2S2/c1-6(9,3-8)5-7-2-4(10)11-5/h2,8-10H,3H2,1H3. The zero-order chi connectivity index (χ0) is 8.48. The fourth-order valence-electron chi connectivity index (χ4n) is 0.582. The predicted molar refractivity (Wildman–Crippen MR) is 46.0 cm³/mol. The molecule has 1 atom stereocenters. The van der Waals surface area contributed by atoms with Crippen LogP contribution in [0.4, 0.5) is 0 Å². The van der Waals surface area contributed by atoms with Crippen LogP contribution < -0.4 is 0 Å². The molecule has 0 bridgehead atoms. The van der Waals surface area contributed by atoms with Crippen molar-refractivity contribution in [3.63, 3.8) is 0 Å². The van der Waals surface area contributed by atoms with Gasteiger partial charge in [-0.1, -0.05) is 0 Å². The minimum Gasteiger partial charge on any atom is -0.393 e. The SMILES string of the molecule is CC(O)(CO)c1ncc(S)s1. The fourth-order valence-corrected chi connectivity index (χ4v) is 1.59. The second kappa shape index (κ2) is 3.10. The lowest BCUT2D eigenvalue weighted by Gasteiger charge is -2.15. The van der Waals surface area contributed by atoms with E-state index in [2.05, 4.69) is 17.6 Å². The summed E-state index contributed by atoms with van der Waals surface area (Å²) in [6.45, 7) is 1.19. The number of aromatic nitrogens is 1. The van der Waals surface area contributed by atoms with Gasteiger partial charge >= 0.3 is 0 Å². The Kier molecular flexibility index (Phi) is 2.54. The molecule has 0 radical (unpaired) electrons. The first-order chi connectivity index (χ1) is 5.06. The average Bonchev–Trinajstić information content (AvgIpc) is 2.36. The third-order valence-corrected chi connectivity index (χ3v) is 2.70. The summed E-state index contributed by atoms with van der Waals surface area (Å²) in [5.41, 5.74) is -1.23. The number of hydrogen-bond donors (Lipinski definition) is 3. The molecule has 1 aromatic rings. The first-order valence-corrected chi connectivity index (χ1v) is 4.31. The molecule has 1 heterocycles. The van der Waals surface area contributed by atoms with Gasteiger partial charge in [0, 0.05) is 0 Å². The Morgan fingerprint density at radius 2 is 2.45 bits per heavy atom. The van der Waals surface area contributed by atoms with Crippen molar-refractivity contribution in [1.82, 2.24) is 4.98 Å². The second-order valence-corrected chi connectivity index (χ2v) is 4.25. The maximum Gasteiger partial charge on any atom is 0.136 e. The number of hydrogen-bond acceptors (Lipinski definition) is 5. The molecule has 0 aliphatic rings. The van der Waals surface area contributed by atoms with Crippen molar-refractivity contribution in [2.75, 3.05) is 6.61 Å². The van der Waals surface area contributed by atoms with Crippen molar-refractivity contribution in [3.05, 3.63) is 11.2 Å². The summed E-state index contributed by atoms with van der Waals surface area (Å²) >= 11 is 5.30. The fraction of sp³-hybridized carbons (Fsp3) is 0.500. The van der Waals surface area contributed by atoms with Crippen molar-refractivity contribution in [2.45, 2.75) is 16.7 Å². The van der Waals surface area contributed by atoms with Crippen LogP contribution in [-0.2, 0) is 5.60 Å². The normalized spacial score (nSPS) is 16.4. The van der Waals surface area contributed by atoms with E-state index >= 15 is 0 Å². The molecule has 0 fully saturated rings. The van der Waals surface area contributed by atoms with Gasteiger partial charge in [-0.2, -0.15) is 0 Å². The lowest BCUT2D eigenvalue weighted by molar-refractivity contribution is -0.00244. The predicted octanol–water partition coefficient (Wildman–Crippen LogP) is 0.632. The van der Waals surface area contributed by atoms with Gasteiger partial charge < -0.3 is 10.2 Å². The summed E-state index contributed by atoms with van der Waals surface area (Å²) in [7, 11) is 0. The average molecular weight is 191 g/mol. The number of aliphatic hydroxyl groups is 2. The Labute approximate surface area is 74.1 Å². The van der Waals surface area contributed by atoms with Gasteiger partial charge in [0.25, 0.3) is 0 Å². The molecule has 62 valence electrons. The van der Waals surface area contributed by atoms with Crippen LogP contribution in [0.1, 0.15) is 11.9 Å². The quantitative estimate of drug-likeness (QED) is 0.601. The molecule has 11 heavy (non-hydrogen) atoms. The molecule has 0 saturated carbocycles. The minimum absolute atomic E-state index is 0.326. The first-order valence-electron chi connectivity index (χ1n) is 3.05. The summed E-state index contributed by atoms with van der Waals surface area (Å²) in [4.78, 5) is 3.89. The Morgan fingerprint density at radius 3 is 2.82 bits per heavy atom. The molecule has 0 aliphatic heterocycles. The van der Waals surface area contributed by atoms with Crippen molar-refractivity contribution < 1.29 is 10.2 Å². The molecule has 5 heteroatoms. The zero-order valence-corrected chi connectivity index (χ0v) is 7.69. The number of thiazole rings is 1. The van der Waals surface area contributed by atoms with E-state index < -0.39 is 5.60 Å². The van der Waals surface area contributed by atoms with E-state index in [9.17, 15) is 5.11 Å². The largest absolute Gasteiger partial charge is 0.393 e. The molecule has 0 amide bonds. The molecular weight excluding hydrogens is 182 g/mol. The smallest absolute Gasteiger partial charge is 0.136 e. The number of aliphatic hydroxyl groups excluding tert-OH is 1. The van der Waals surface area contributed by atoms with E-state index in [0.29, 0.717) is 5.01 Å². The van der Waals surface area contributed by atoms with Gasteiger partial charge in [-0.25, -0.2) is 4.98 Å². The maximum absolute atomic E-state index is 9.47. The van der Waals surface area contributed by atoms with E-state index in [1.165, 1.54) is 18.3 Å². The number of thiol groups is 1. The van der Waals surface area contributed by atoms with E-state index in [0.717, 1.165) is 4.21 Å². The highest BCUT2D eigenvalue weighted by molar-refractivity contribution is 7.82. The number of rotatable bonds is 2. The molecule has 1 aromatic heterocycles. The molecule has 2 N–H and O–H groups in total. The molecule has 1 rings (SSSR count). The van der Waals surface area contributed by atoms with Gasteiger partial charge in [-0.15, -0.1) is 24.0 Å². The highest BCUT2D eigenvalue weighted by atomic mass is 32.2. The van der Waals surface area contributed by atoms with Crippen LogP contribution in [0.25, 0.3) is 0 Å². The molecule has 0 aromatic carbocycles. The highest BCUT2D eigenvalue weighted by Crippen LogP contribution is 2.26. The Hall–Kier alpha value is -0.100. The summed E-state index contributed by atoms with van der Waals surface area (Å²) in [6, 6.07) is 0. The monoisotopic (exact) mass is 191 g/mol. The summed E-state index contributed by atoms with van der Waals surface area (Å²) < 4.78 is 0.730. The summed E-state index contributed by atoms with van der Waals surface area (Å²) in [5, 5.41) is 18.7. The topological polar surface area (TPSA) is 53.4 Å². The van der Waals surface area contributed by atoms with E-state index in [4.69, 9.17) is 5.11 Å². The van der Waals surface area contributed by atoms with E-state index in [-0.39, 0.29) is 6.61 Å². The Morgan fingerprint density at radius 1 is 1.82 bits per heavy atom. The van der Waals surface area contributed by atoms with Crippen LogP contribution in [0.3, 0.4) is 0 Å². The van der Waals surface area contributed by atoms with Crippen molar-refractivity contribution >= 4 is 24.0 Å². The van der Waals surface area contributed by atoms with Crippen LogP contribution in [0.15, 0.2) is 10.4 Å². The molecule has 0 saturated heterocycles. The Balaban J connectivity index is 2.92. The third kappa shape index (κ3) is 1.93. The second-order valence-electron chi connectivity index (χ2n) is 2.44. The molecule has 1 unspecified atom stereocenters. The molecule has 0 spiro atoms. The summed E-state index contributed by atoms with van der Waals surface area (Å²) in [6.07, 6.45) is 1.55. The lowest BCUT2D eigenvalue weighted by Crippen LogP contribution is -2.25. The molecule has 3 nitrogen and oxygen atoms in total. The summed E-state index contributed by atoms with van der Waals surface area (Å²) in [5.74, 6) is 0. The minimum atomic E-state index is -1.23. The van der Waals surface area contributed by atoms with Gasteiger partial charge in [-0.3, -0.25) is 0 Å². The van der Waals surface area contributed by atoms with Crippen LogP contribution in [0.2, 0.25) is 0 Å². The first kappa shape index (κ1) is 8.99. The van der Waals surface area contributed by atoms with Gasteiger partial charge in [0.1, 0.15) is 10.6 Å². The van der Waals surface area contributed by atoms with E-state index in [1.54, 1.807) is 6.20 Å². The van der Waals surface area contributed by atoms with Crippen LogP contribution in [-0.4, -0.2) is 21.8 Å². The third-order valence-electron chi connectivity index (χ3n) is 1.26. The van der Waals surface area contributed by atoms with Crippen molar-refractivity contribution in [3.8, 4) is 0 Å². The van der Waals surface area contributed by atoms with Crippen LogP contribution in [0, 0.1) is 0 Å². The molecule has 0 aliphatic carbocycles. The van der Waals surface area contributed by atoms with Crippen LogP contribution >= 0.6 is 24.0 Å². The van der Waals surface area contributed by atoms with Gasteiger partial charge in [-0.05, 0) is 6.92 Å². The van der Waals surface area contributed by atoms with E-state index in [1.807, 2.05) is 0 Å². The number of nitrogens with zero attached hydrogens (tertiary/aromatic N) is 1. The highest BCUT2D eigenvalue weighted by Gasteiger charge is 2.25. The van der Waals surface area contributed by atoms with Crippen molar-refractivity contribution in [2.24, 2.45) is 0 Å². The van der Waals surface area contributed by atoms with Crippen molar-refractivity contribution in [1.29, 1.82) is 0 Å².